The third-order valence-electron chi connectivity index (χ3n) is 3.16. The van der Waals surface area contributed by atoms with Crippen LogP contribution in [-0.4, -0.2) is 17.1 Å². The first-order valence-electron chi connectivity index (χ1n) is 6.25. The number of fused-ring (bicyclic) bond motifs is 1. The van der Waals surface area contributed by atoms with Gasteiger partial charge < -0.3 is 15.0 Å². The smallest absolute Gasteiger partial charge is 0.143 e. The number of hydrogen-bond acceptors (Lipinski definition) is 3. The number of aromatic nitrogens is 2. The number of pyridine rings is 1. The number of rotatable bonds is 4. The van der Waals surface area contributed by atoms with Crippen molar-refractivity contribution in [2.45, 2.75) is 6.54 Å². The van der Waals surface area contributed by atoms with Gasteiger partial charge >= 0.3 is 0 Å². The lowest BCUT2D eigenvalue weighted by Crippen LogP contribution is -2.02. The molecule has 1 aromatic carbocycles. The maximum Gasteiger partial charge on any atom is 0.143 e. The fraction of sp³-hybridized carbons (Fsp3) is 0.133. The van der Waals surface area contributed by atoms with E-state index >= 15 is 0 Å². The van der Waals surface area contributed by atoms with Crippen molar-refractivity contribution < 1.29 is 9.13 Å². The zero-order valence-electron chi connectivity index (χ0n) is 11.0. The summed E-state index contributed by atoms with van der Waals surface area (Å²) >= 11 is 0. The molecule has 20 heavy (non-hydrogen) atoms. The number of hydrogen-bond donors (Lipinski definition) is 2. The topological polar surface area (TPSA) is 49.9 Å². The van der Waals surface area contributed by atoms with Gasteiger partial charge in [-0.2, -0.15) is 0 Å². The van der Waals surface area contributed by atoms with E-state index in [4.69, 9.17) is 4.74 Å². The summed E-state index contributed by atoms with van der Waals surface area (Å²) in [5.74, 6) is 0.462. The van der Waals surface area contributed by atoms with E-state index in [0.29, 0.717) is 12.2 Å². The van der Waals surface area contributed by atoms with Crippen LogP contribution in [0, 0.1) is 5.82 Å². The number of nitrogens with zero attached hydrogens (tertiary/aromatic N) is 1. The first kappa shape index (κ1) is 12.5. The van der Waals surface area contributed by atoms with Crippen molar-refractivity contribution in [2.24, 2.45) is 0 Å². The monoisotopic (exact) mass is 271 g/mol. The molecule has 2 aromatic heterocycles. The molecule has 0 aliphatic carbocycles. The number of aromatic amines is 1. The molecule has 5 heteroatoms. The van der Waals surface area contributed by atoms with E-state index in [2.05, 4.69) is 15.3 Å². The minimum absolute atomic E-state index is 0.358. The van der Waals surface area contributed by atoms with Crippen LogP contribution in [0.2, 0.25) is 0 Å². The number of nitrogens with one attached hydrogen (secondary N) is 2. The van der Waals surface area contributed by atoms with Crippen LogP contribution in [0.15, 0.2) is 42.9 Å². The number of anilines is 1. The van der Waals surface area contributed by atoms with E-state index < -0.39 is 0 Å². The zero-order chi connectivity index (χ0) is 13.9. The van der Waals surface area contributed by atoms with Crippen LogP contribution in [0.3, 0.4) is 0 Å². The molecule has 0 saturated carbocycles. The second-order valence-electron chi connectivity index (χ2n) is 4.44. The van der Waals surface area contributed by atoms with E-state index in [1.165, 1.54) is 12.3 Å². The lowest BCUT2D eigenvalue weighted by molar-refractivity contribution is 0.415. The van der Waals surface area contributed by atoms with Crippen LogP contribution in [0.5, 0.6) is 5.75 Å². The SMILES string of the molecule is COc1c(CNc2cncc(F)c2)ccc2[nH]ccc12. The molecular formula is C15H14FN3O. The fourth-order valence-corrected chi connectivity index (χ4v) is 2.24. The molecular weight excluding hydrogens is 257 g/mol. The van der Waals surface area contributed by atoms with Gasteiger partial charge in [-0.15, -0.1) is 0 Å². The first-order chi connectivity index (χ1) is 9.78. The van der Waals surface area contributed by atoms with Gasteiger partial charge in [-0.05, 0) is 12.1 Å². The molecule has 4 nitrogen and oxygen atoms in total. The highest BCUT2D eigenvalue weighted by Gasteiger charge is 2.08. The minimum atomic E-state index is -0.358. The second kappa shape index (κ2) is 5.21. The van der Waals surface area contributed by atoms with Gasteiger partial charge in [-0.3, -0.25) is 4.98 Å². The fourth-order valence-electron chi connectivity index (χ4n) is 2.24. The van der Waals surface area contributed by atoms with Crippen molar-refractivity contribution in [2.75, 3.05) is 12.4 Å². The summed E-state index contributed by atoms with van der Waals surface area (Å²) in [6.45, 7) is 0.537. The lowest BCUT2D eigenvalue weighted by Gasteiger charge is -2.11. The Labute approximate surface area is 115 Å². The largest absolute Gasteiger partial charge is 0.496 e. The molecule has 0 fully saturated rings. The molecule has 102 valence electrons. The predicted octanol–water partition coefficient (Wildman–Crippen LogP) is 3.32. The first-order valence-corrected chi connectivity index (χ1v) is 6.25. The highest BCUT2D eigenvalue weighted by atomic mass is 19.1. The van der Waals surface area contributed by atoms with Gasteiger partial charge in [0.2, 0.25) is 0 Å². The highest BCUT2D eigenvalue weighted by Crippen LogP contribution is 2.29. The molecule has 0 atom stereocenters. The molecule has 2 heterocycles. The van der Waals surface area contributed by atoms with Crippen molar-refractivity contribution in [3.63, 3.8) is 0 Å². The number of benzene rings is 1. The molecule has 0 aliphatic heterocycles. The van der Waals surface area contributed by atoms with Gasteiger partial charge in [0.05, 0.1) is 25.2 Å². The average Bonchev–Trinajstić information content (AvgIpc) is 2.93. The highest BCUT2D eigenvalue weighted by molar-refractivity contribution is 5.87. The standard InChI is InChI=1S/C15H14FN3O/c1-20-15-10(2-3-14-13(15)4-5-18-14)7-19-12-6-11(16)8-17-9-12/h2-6,8-9,18-19H,7H2,1H3. The zero-order valence-corrected chi connectivity index (χ0v) is 11.0. The Morgan fingerprint density at radius 3 is 3.00 bits per heavy atom. The van der Waals surface area contributed by atoms with E-state index in [1.54, 1.807) is 13.3 Å². The molecule has 2 N–H and O–H groups in total. The lowest BCUT2D eigenvalue weighted by atomic mass is 10.1. The molecule has 0 unspecified atom stereocenters. The molecule has 3 aromatic rings. The summed E-state index contributed by atoms with van der Waals surface area (Å²) in [7, 11) is 1.65. The molecule has 0 radical (unpaired) electrons. The van der Waals surface area contributed by atoms with Gasteiger partial charge in [0, 0.05) is 35.3 Å². The summed E-state index contributed by atoms with van der Waals surface area (Å²) < 4.78 is 18.6. The van der Waals surface area contributed by atoms with E-state index in [1.807, 2.05) is 24.4 Å². The van der Waals surface area contributed by atoms with Gasteiger partial charge in [-0.25, -0.2) is 4.39 Å². The Morgan fingerprint density at radius 1 is 1.30 bits per heavy atom. The van der Waals surface area contributed by atoms with Crippen LogP contribution in [-0.2, 0) is 6.54 Å². The minimum Gasteiger partial charge on any atom is -0.496 e. The number of halogens is 1. The van der Waals surface area contributed by atoms with E-state index in [-0.39, 0.29) is 5.82 Å². The van der Waals surface area contributed by atoms with Crippen LogP contribution in [0.25, 0.3) is 10.9 Å². The van der Waals surface area contributed by atoms with Crippen molar-refractivity contribution in [1.82, 2.24) is 9.97 Å². The molecule has 3 rings (SSSR count). The quantitative estimate of drug-likeness (QED) is 0.765. The summed E-state index contributed by atoms with van der Waals surface area (Å²) in [5.41, 5.74) is 2.67. The Balaban J connectivity index is 1.87. The second-order valence-corrected chi connectivity index (χ2v) is 4.44. The Kier molecular flexibility index (Phi) is 3.25. The maximum atomic E-state index is 13.1. The number of methoxy groups -OCH3 is 1. The Hall–Kier alpha value is -2.56. The van der Waals surface area contributed by atoms with Gasteiger partial charge in [0.1, 0.15) is 11.6 Å². The summed E-state index contributed by atoms with van der Waals surface area (Å²) in [6, 6.07) is 7.37. The predicted molar refractivity (Wildman–Crippen MR) is 76.4 cm³/mol. The van der Waals surface area contributed by atoms with Crippen LogP contribution in [0.4, 0.5) is 10.1 Å². The van der Waals surface area contributed by atoms with Crippen LogP contribution >= 0.6 is 0 Å². The third kappa shape index (κ3) is 2.30. The van der Waals surface area contributed by atoms with Gasteiger partial charge in [0.25, 0.3) is 0 Å². The van der Waals surface area contributed by atoms with Crippen molar-refractivity contribution >= 4 is 16.6 Å². The van der Waals surface area contributed by atoms with Crippen molar-refractivity contribution in [1.29, 1.82) is 0 Å². The van der Waals surface area contributed by atoms with Crippen LogP contribution in [0.1, 0.15) is 5.56 Å². The normalized spacial score (nSPS) is 10.7. The molecule has 0 amide bonds. The molecule has 0 spiro atoms. The molecule has 0 bridgehead atoms. The molecule has 0 aliphatic rings. The van der Waals surface area contributed by atoms with Crippen molar-refractivity contribution in [3.8, 4) is 5.75 Å². The molecule has 0 saturated heterocycles. The maximum absolute atomic E-state index is 13.1. The van der Waals surface area contributed by atoms with E-state index in [9.17, 15) is 4.39 Å². The summed E-state index contributed by atoms with van der Waals surface area (Å²) in [4.78, 5) is 6.95. The van der Waals surface area contributed by atoms with E-state index in [0.717, 1.165) is 22.2 Å². The van der Waals surface area contributed by atoms with Gasteiger partial charge in [-0.1, -0.05) is 6.07 Å². The average molecular weight is 271 g/mol. The van der Waals surface area contributed by atoms with Crippen molar-refractivity contribution in [3.05, 3.63) is 54.2 Å². The third-order valence-corrected chi connectivity index (χ3v) is 3.16. The summed E-state index contributed by atoms with van der Waals surface area (Å²) in [6.07, 6.45) is 4.64. The number of ether oxygens (including phenoxy) is 1. The Bertz CT molecular complexity index is 739. The van der Waals surface area contributed by atoms with Gasteiger partial charge in [0.15, 0.2) is 0 Å². The Morgan fingerprint density at radius 2 is 2.20 bits per heavy atom. The number of H-pyrrole nitrogens is 1. The summed E-state index contributed by atoms with van der Waals surface area (Å²) in [5, 5.41) is 4.17. The van der Waals surface area contributed by atoms with Crippen LogP contribution < -0.4 is 10.1 Å².